The molecular formula is C10H10N6O. The number of rotatable bonds is 3. The first-order valence-corrected chi connectivity index (χ1v) is 5.27. The molecule has 0 saturated heterocycles. The lowest BCUT2D eigenvalue weighted by Gasteiger charge is -1.99. The van der Waals surface area contributed by atoms with Crippen LogP contribution in [0.1, 0.15) is 12.0 Å². The Kier molecular flexibility index (Phi) is 2.28. The number of aryl methyl sites for hydroxylation is 1. The van der Waals surface area contributed by atoms with Crippen LogP contribution >= 0.6 is 0 Å². The van der Waals surface area contributed by atoms with Crippen LogP contribution in [0.2, 0.25) is 0 Å². The molecule has 7 nitrogen and oxygen atoms in total. The van der Waals surface area contributed by atoms with E-state index in [1.165, 1.54) is 0 Å². The molecular weight excluding hydrogens is 220 g/mol. The van der Waals surface area contributed by atoms with Crippen molar-refractivity contribution in [2.24, 2.45) is 15.2 Å². The SMILES string of the molecule is On1nnc2cc(CCC3=NCN=N3)ccc21. The van der Waals surface area contributed by atoms with Crippen LogP contribution in [0.25, 0.3) is 11.0 Å². The fourth-order valence-corrected chi connectivity index (χ4v) is 1.76. The van der Waals surface area contributed by atoms with Gasteiger partial charge in [0, 0.05) is 6.42 Å². The normalized spacial score (nSPS) is 14.5. The standard InChI is InChI=1S/C10H10N6O/c17-16-9-3-1-7(5-8(9)13-15-16)2-4-10-11-6-12-14-10/h1,3,5,17H,2,4,6H2. The second kappa shape index (κ2) is 3.93. The number of hydrogen-bond acceptors (Lipinski definition) is 6. The number of amidine groups is 1. The summed E-state index contributed by atoms with van der Waals surface area (Å²) in [6.45, 7) is 0.452. The molecule has 0 saturated carbocycles. The van der Waals surface area contributed by atoms with Crippen LogP contribution in [0, 0.1) is 0 Å². The molecule has 1 aromatic carbocycles. The van der Waals surface area contributed by atoms with Crippen molar-refractivity contribution in [1.82, 2.24) is 15.2 Å². The van der Waals surface area contributed by atoms with Crippen LogP contribution in [-0.2, 0) is 6.42 Å². The second-order valence-corrected chi connectivity index (χ2v) is 3.76. The average molecular weight is 230 g/mol. The predicted octanol–water partition coefficient (Wildman–Crippen LogP) is 1.42. The summed E-state index contributed by atoms with van der Waals surface area (Å²) in [7, 11) is 0. The first-order chi connectivity index (χ1) is 8.33. The summed E-state index contributed by atoms with van der Waals surface area (Å²) < 4.78 is 0. The topological polar surface area (TPSA) is 88.0 Å². The molecule has 0 unspecified atom stereocenters. The van der Waals surface area contributed by atoms with Crippen LogP contribution in [0.5, 0.6) is 0 Å². The molecule has 3 rings (SSSR count). The Morgan fingerprint density at radius 1 is 1.29 bits per heavy atom. The highest BCUT2D eigenvalue weighted by molar-refractivity contribution is 5.83. The Bertz CT molecular complexity index is 614. The molecule has 0 aliphatic carbocycles. The number of fused-ring (bicyclic) bond motifs is 1. The van der Waals surface area contributed by atoms with Gasteiger partial charge < -0.3 is 5.21 Å². The molecule has 0 fully saturated rings. The van der Waals surface area contributed by atoms with E-state index in [-0.39, 0.29) is 0 Å². The lowest BCUT2D eigenvalue weighted by Crippen LogP contribution is -1.95. The van der Waals surface area contributed by atoms with E-state index in [2.05, 4.69) is 25.5 Å². The van der Waals surface area contributed by atoms with Crippen molar-refractivity contribution in [2.75, 3.05) is 6.67 Å². The quantitative estimate of drug-likeness (QED) is 0.809. The molecule has 0 spiro atoms. The number of azo groups is 1. The molecule has 2 aromatic rings. The van der Waals surface area contributed by atoms with E-state index < -0.39 is 0 Å². The fraction of sp³-hybridized carbons (Fsp3) is 0.300. The third-order valence-electron chi connectivity index (χ3n) is 2.63. The van der Waals surface area contributed by atoms with Gasteiger partial charge in [-0.1, -0.05) is 10.9 Å². The Labute approximate surface area is 96.5 Å². The van der Waals surface area contributed by atoms with Crippen molar-refractivity contribution in [3.8, 4) is 0 Å². The fourth-order valence-electron chi connectivity index (χ4n) is 1.76. The number of benzene rings is 1. The third-order valence-corrected chi connectivity index (χ3v) is 2.63. The smallest absolute Gasteiger partial charge is 0.152 e. The highest BCUT2D eigenvalue weighted by atomic mass is 16.5. The van der Waals surface area contributed by atoms with Gasteiger partial charge in [0.15, 0.2) is 6.67 Å². The van der Waals surface area contributed by atoms with Gasteiger partial charge in [-0.05, 0) is 29.3 Å². The highest BCUT2D eigenvalue weighted by Crippen LogP contribution is 2.14. The summed E-state index contributed by atoms with van der Waals surface area (Å²) in [5, 5.41) is 24.4. The average Bonchev–Trinajstić information content (AvgIpc) is 2.97. The van der Waals surface area contributed by atoms with E-state index in [0.29, 0.717) is 17.7 Å². The first-order valence-electron chi connectivity index (χ1n) is 5.27. The maximum atomic E-state index is 9.30. The third kappa shape index (κ3) is 1.86. The predicted molar refractivity (Wildman–Crippen MR) is 60.2 cm³/mol. The Balaban J connectivity index is 1.79. The molecule has 1 aromatic heterocycles. The summed E-state index contributed by atoms with van der Waals surface area (Å²) in [5.41, 5.74) is 2.40. The van der Waals surface area contributed by atoms with Crippen LogP contribution < -0.4 is 0 Å². The minimum Gasteiger partial charge on any atom is -0.410 e. The Morgan fingerprint density at radius 3 is 3.06 bits per heavy atom. The zero-order valence-electron chi connectivity index (χ0n) is 8.98. The Hall–Kier alpha value is -2.31. The van der Waals surface area contributed by atoms with Crippen LogP contribution in [0.4, 0.5) is 0 Å². The minimum absolute atomic E-state index is 0.452. The number of aliphatic imine (C=N–C) groups is 1. The van der Waals surface area contributed by atoms with Crippen LogP contribution in [0.3, 0.4) is 0 Å². The Morgan fingerprint density at radius 2 is 2.24 bits per heavy atom. The largest absolute Gasteiger partial charge is 0.410 e. The second-order valence-electron chi connectivity index (χ2n) is 3.76. The van der Waals surface area contributed by atoms with Crippen molar-refractivity contribution in [3.05, 3.63) is 23.8 Å². The van der Waals surface area contributed by atoms with Gasteiger partial charge in [0.05, 0.1) is 0 Å². The maximum absolute atomic E-state index is 9.30. The van der Waals surface area contributed by atoms with Crippen molar-refractivity contribution in [1.29, 1.82) is 0 Å². The molecule has 1 N–H and O–H groups in total. The molecule has 7 heteroatoms. The van der Waals surface area contributed by atoms with Gasteiger partial charge in [0.1, 0.15) is 16.9 Å². The van der Waals surface area contributed by atoms with Crippen molar-refractivity contribution in [2.45, 2.75) is 12.8 Å². The molecule has 0 radical (unpaired) electrons. The highest BCUT2D eigenvalue weighted by Gasteiger charge is 2.06. The lowest BCUT2D eigenvalue weighted by molar-refractivity contribution is 0.155. The van der Waals surface area contributed by atoms with E-state index in [0.717, 1.165) is 29.1 Å². The molecule has 1 aliphatic heterocycles. The molecule has 86 valence electrons. The number of aromatic nitrogens is 3. The summed E-state index contributed by atoms with van der Waals surface area (Å²) in [6.07, 6.45) is 1.59. The number of nitrogens with zero attached hydrogens (tertiary/aromatic N) is 6. The van der Waals surface area contributed by atoms with E-state index in [1.54, 1.807) is 6.07 Å². The van der Waals surface area contributed by atoms with Gasteiger partial charge in [0.25, 0.3) is 0 Å². The van der Waals surface area contributed by atoms with Crippen molar-refractivity contribution >= 4 is 16.9 Å². The number of hydrogen-bond donors (Lipinski definition) is 1. The van der Waals surface area contributed by atoms with Crippen LogP contribution in [0.15, 0.2) is 33.4 Å². The van der Waals surface area contributed by atoms with E-state index in [9.17, 15) is 5.21 Å². The lowest BCUT2D eigenvalue weighted by atomic mass is 10.1. The van der Waals surface area contributed by atoms with E-state index in [1.807, 2.05) is 12.1 Å². The van der Waals surface area contributed by atoms with E-state index in [4.69, 9.17) is 0 Å². The molecule has 17 heavy (non-hydrogen) atoms. The zero-order valence-corrected chi connectivity index (χ0v) is 8.98. The molecule has 1 aliphatic rings. The van der Waals surface area contributed by atoms with Gasteiger partial charge in [0.2, 0.25) is 0 Å². The van der Waals surface area contributed by atoms with Crippen LogP contribution in [-0.4, -0.2) is 32.9 Å². The molecule has 0 amide bonds. The van der Waals surface area contributed by atoms with Gasteiger partial charge in [-0.25, -0.2) is 4.99 Å². The van der Waals surface area contributed by atoms with Gasteiger partial charge in [-0.2, -0.15) is 5.11 Å². The molecule has 0 bridgehead atoms. The monoisotopic (exact) mass is 230 g/mol. The summed E-state index contributed by atoms with van der Waals surface area (Å²) in [6, 6.07) is 5.63. The first kappa shape index (κ1) is 9.88. The summed E-state index contributed by atoms with van der Waals surface area (Å²) in [4.78, 5) is 4.90. The zero-order chi connectivity index (χ0) is 11.7. The molecule has 0 atom stereocenters. The van der Waals surface area contributed by atoms with Gasteiger partial charge >= 0.3 is 0 Å². The van der Waals surface area contributed by atoms with Crippen molar-refractivity contribution in [3.63, 3.8) is 0 Å². The molecule has 2 heterocycles. The summed E-state index contributed by atoms with van der Waals surface area (Å²) in [5.74, 6) is 0.788. The maximum Gasteiger partial charge on any atom is 0.152 e. The van der Waals surface area contributed by atoms with Gasteiger partial charge in [-0.3, -0.25) is 0 Å². The van der Waals surface area contributed by atoms with Crippen molar-refractivity contribution < 1.29 is 5.21 Å². The van der Waals surface area contributed by atoms with Gasteiger partial charge in [-0.15, -0.1) is 10.2 Å². The summed E-state index contributed by atoms with van der Waals surface area (Å²) >= 11 is 0. The minimum atomic E-state index is 0.452. The van der Waals surface area contributed by atoms with E-state index >= 15 is 0 Å².